The first-order chi connectivity index (χ1) is 31.8. The lowest BCUT2D eigenvalue weighted by Gasteiger charge is -2.70. The van der Waals surface area contributed by atoms with Crippen LogP contribution in [0.2, 0.25) is 0 Å². The Morgan fingerprint density at radius 2 is 0.884 bits per heavy atom. The molecule has 0 aromatic heterocycles. The number of carbonyl (C=O) groups is 4. The van der Waals surface area contributed by atoms with E-state index in [0.717, 1.165) is 116 Å². The number of fused-ring (bicyclic) bond motifs is 14. The van der Waals surface area contributed by atoms with E-state index in [1.165, 1.54) is 18.4 Å². The lowest BCUT2D eigenvalue weighted by Crippen LogP contribution is -2.64. The minimum atomic E-state index is -0.565. The molecule has 0 amide bonds. The van der Waals surface area contributed by atoms with E-state index in [4.69, 9.17) is 4.74 Å². The molecule has 0 aromatic carbocycles. The molecule has 0 radical (unpaired) electrons. The Bertz CT molecular complexity index is 2180. The highest BCUT2D eigenvalue weighted by molar-refractivity contribution is 14.1. The van der Waals surface area contributed by atoms with Crippen LogP contribution >= 0.6 is 22.6 Å². The van der Waals surface area contributed by atoms with Crippen LogP contribution in [0.3, 0.4) is 0 Å². The van der Waals surface area contributed by atoms with Crippen LogP contribution in [0.15, 0.2) is 23.3 Å². The molecular formula is C62H97IO6. The predicted octanol–water partition coefficient (Wildman–Crippen LogP) is 16.0. The second-order valence-electron chi connectivity index (χ2n) is 29.8. The maximum absolute atomic E-state index is 13.3. The van der Waals surface area contributed by atoms with Gasteiger partial charge >= 0.3 is 11.9 Å². The minimum absolute atomic E-state index is 0.0337. The number of carboxylic acids is 1. The van der Waals surface area contributed by atoms with Gasteiger partial charge < -0.3 is 9.84 Å². The molecule has 1 N–H and O–H groups in total. The molecule has 0 bridgehead atoms. The van der Waals surface area contributed by atoms with E-state index in [2.05, 4.69) is 132 Å². The Kier molecular flexibility index (Phi) is 13.3. The molecule has 0 aromatic rings. The van der Waals surface area contributed by atoms with E-state index in [1.807, 2.05) is 4.93 Å². The van der Waals surface area contributed by atoms with Gasteiger partial charge in [0.05, 0.1) is 17.9 Å². The molecule has 0 spiro atoms. The standard InChI is InChI=1S/C31H48O3.C30H46O3.CH3I/c1-26(2)15-17-31(25(33)34-8)18-16-29(6)20(21(31)19-26)9-10-23-28(5)13-12-24(32)27(3,4)22(28)11-14-30(23,29)7;1-25(2)14-16-30(24(32)33)17-15-28(6)19(20(30)18-25)8-9-22-27(5)12-11-23(31)26(3,4)21(27)10-13-29(22,28)7;1-2/h9,21-23H,10-19H2,1-8H3;8,20-22H,9-18H2,1-7H3,(H,32,33);1H3/t21-,22-,23+,28-,29+,30+,31-;20-,21-,22+,27-,28+,29+,30-;/m00./s1. The van der Waals surface area contributed by atoms with Gasteiger partial charge in [0.25, 0.3) is 0 Å². The zero-order chi connectivity index (χ0) is 51.2. The number of carbonyl (C=O) groups excluding carboxylic acids is 3. The summed E-state index contributed by atoms with van der Waals surface area (Å²) in [6, 6.07) is 0. The summed E-state index contributed by atoms with van der Waals surface area (Å²) in [6.07, 6.45) is 25.3. The number of esters is 1. The van der Waals surface area contributed by atoms with Gasteiger partial charge in [-0.3, -0.25) is 19.2 Å². The number of alkyl halides is 1. The van der Waals surface area contributed by atoms with Gasteiger partial charge in [-0.1, -0.05) is 143 Å². The third-order valence-electron chi connectivity index (χ3n) is 25.8. The molecule has 6 nitrogen and oxygen atoms in total. The third-order valence-corrected chi connectivity index (χ3v) is 25.8. The second-order valence-corrected chi connectivity index (χ2v) is 29.8. The Morgan fingerprint density at radius 1 is 0.522 bits per heavy atom. The number of hydrogen-bond donors (Lipinski definition) is 1. The SMILES string of the molecule is CC1(C)CC[C@]2(C(=O)O)CC[C@]3(C)C(=CC[C@@H]4[C@@]5(C)CCC(=O)C(C)(C)[C@@H]5CC[C@]43C)[C@@H]2C1.CI.COC(=O)[C@]12CCC(C)(C)C[C@H]1C1=CC[C@@H]3[C@@]4(C)CCC(=O)C(C)(C)[C@@H]4CC[C@@]3(C)[C@]1(C)CC2. The number of Topliss-reactive ketones (excluding diaryl/α,β-unsaturated/α-hetero) is 2. The van der Waals surface area contributed by atoms with Crippen molar-refractivity contribution in [2.45, 2.75) is 225 Å². The summed E-state index contributed by atoms with van der Waals surface area (Å²) >= 11 is 2.15. The molecule has 0 heterocycles. The van der Waals surface area contributed by atoms with Gasteiger partial charge in [0.15, 0.2) is 0 Å². The highest BCUT2D eigenvalue weighted by atomic mass is 127. The van der Waals surface area contributed by atoms with Crippen molar-refractivity contribution in [2.24, 2.45) is 100 Å². The Hall–Kier alpha value is -1.51. The predicted molar refractivity (Wildman–Crippen MR) is 288 cm³/mol. The smallest absolute Gasteiger partial charge is 0.312 e. The van der Waals surface area contributed by atoms with Gasteiger partial charge in [0, 0.05) is 23.7 Å². The van der Waals surface area contributed by atoms with Crippen LogP contribution in [0.1, 0.15) is 225 Å². The minimum Gasteiger partial charge on any atom is -0.481 e. The van der Waals surface area contributed by atoms with E-state index in [1.54, 1.807) is 12.7 Å². The summed E-state index contributed by atoms with van der Waals surface area (Å²) in [5.41, 5.74) is 3.17. The number of ketones is 2. The van der Waals surface area contributed by atoms with Gasteiger partial charge in [-0.2, -0.15) is 0 Å². The average Bonchev–Trinajstić information content (AvgIpc) is 3.27. The quantitative estimate of drug-likeness (QED) is 0.128. The normalized spacial score (nSPS) is 48.2. The van der Waals surface area contributed by atoms with Gasteiger partial charge in [0.2, 0.25) is 0 Å². The number of hydrogen-bond acceptors (Lipinski definition) is 5. The van der Waals surface area contributed by atoms with E-state index < -0.39 is 11.4 Å². The third kappa shape index (κ3) is 7.31. The molecule has 69 heavy (non-hydrogen) atoms. The van der Waals surface area contributed by atoms with Crippen molar-refractivity contribution in [1.82, 2.24) is 0 Å². The van der Waals surface area contributed by atoms with Crippen molar-refractivity contribution in [1.29, 1.82) is 0 Å². The van der Waals surface area contributed by atoms with Gasteiger partial charge in [-0.15, -0.1) is 0 Å². The lowest BCUT2D eigenvalue weighted by molar-refractivity contribution is -0.190. The molecular weight excluding hydrogens is 968 g/mol. The highest BCUT2D eigenvalue weighted by Crippen LogP contribution is 2.78. The first-order valence-electron chi connectivity index (χ1n) is 28.0. The van der Waals surface area contributed by atoms with Crippen LogP contribution in [-0.4, -0.2) is 40.7 Å². The van der Waals surface area contributed by atoms with Crippen LogP contribution < -0.4 is 0 Å². The maximum atomic E-state index is 13.3. The highest BCUT2D eigenvalue weighted by Gasteiger charge is 2.71. The molecule has 388 valence electrons. The number of carboxylic acid groups (broad SMARTS) is 1. The summed E-state index contributed by atoms with van der Waals surface area (Å²) in [5, 5.41) is 10.5. The summed E-state index contributed by atoms with van der Waals surface area (Å²) in [6.45, 7) is 33.6. The van der Waals surface area contributed by atoms with Crippen molar-refractivity contribution < 1.29 is 29.0 Å². The van der Waals surface area contributed by atoms with E-state index in [-0.39, 0.29) is 71.5 Å². The number of allylic oxidation sites excluding steroid dienone is 4. The largest absolute Gasteiger partial charge is 0.481 e. The van der Waals surface area contributed by atoms with Gasteiger partial charge in [0.1, 0.15) is 11.6 Å². The van der Waals surface area contributed by atoms with Gasteiger partial charge in [-0.05, 0) is 199 Å². The van der Waals surface area contributed by atoms with Crippen molar-refractivity contribution in [3.63, 3.8) is 0 Å². The Balaban J connectivity index is 0.000000180. The van der Waals surface area contributed by atoms with Gasteiger partial charge in [-0.25, -0.2) is 0 Å². The zero-order valence-corrected chi connectivity index (χ0v) is 48.8. The van der Waals surface area contributed by atoms with E-state index >= 15 is 0 Å². The molecule has 0 unspecified atom stereocenters. The van der Waals surface area contributed by atoms with E-state index in [9.17, 15) is 24.3 Å². The van der Waals surface area contributed by atoms with Crippen molar-refractivity contribution in [2.75, 3.05) is 12.0 Å². The van der Waals surface area contributed by atoms with Crippen LogP contribution in [0, 0.1) is 100 Å². The Labute approximate surface area is 433 Å². The van der Waals surface area contributed by atoms with Crippen LogP contribution in [0.4, 0.5) is 0 Å². The fraction of sp³-hybridized carbons (Fsp3) is 0.871. The summed E-state index contributed by atoms with van der Waals surface area (Å²) < 4.78 is 5.48. The number of rotatable bonds is 2. The number of aliphatic carboxylic acids is 1. The molecule has 8 saturated carbocycles. The van der Waals surface area contributed by atoms with Crippen LogP contribution in [0.5, 0.6) is 0 Å². The number of halogens is 1. The summed E-state index contributed by atoms with van der Waals surface area (Å²) in [5.74, 6) is 2.98. The second kappa shape index (κ2) is 17.0. The average molecular weight is 1070 g/mol. The molecule has 0 aliphatic heterocycles. The first-order valence-corrected chi connectivity index (χ1v) is 30.2. The first kappa shape index (κ1) is 53.8. The fourth-order valence-corrected chi connectivity index (χ4v) is 21.0. The van der Waals surface area contributed by atoms with Crippen LogP contribution in [-0.2, 0) is 23.9 Å². The Morgan fingerprint density at radius 3 is 1.28 bits per heavy atom. The molecule has 10 rings (SSSR count). The topological polar surface area (TPSA) is 97.7 Å². The molecule has 10 aliphatic rings. The monoisotopic (exact) mass is 1060 g/mol. The van der Waals surface area contributed by atoms with Crippen molar-refractivity contribution in [3.05, 3.63) is 23.3 Å². The van der Waals surface area contributed by atoms with Crippen molar-refractivity contribution >= 4 is 46.1 Å². The van der Waals surface area contributed by atoms with E-state index in [0.29, 0.717) is 41.2 Å². The summed E-state index contributed by atoms with van der Waals surface area (Å²) in [7, 11) is 1.59. The molecule has 7 heteroatoms. The molecule has 0 saturated heterocycles. The molecule has 10 aliphatic carbocycles. The number of methoxy groups -OCH3 is 1. The zero-order valence-electron chi connectivity index (χ0n) is 46.6. The fourth-order valence-electron chi connectivity index (χ4n) is 21.0. The lowest BCUT2D eigenvalue weighted by atomic mass is 9.33. The molecule has 14 atom stereocenters. The summed E-state index contributed by atoms with van der Waals surface area (Å²) in [4.78, 5) is 53.9. The molecule has 8 fully saturated rings. The van der Waals surface area contributed by atoms with Crippen molar-refractivity contribution in [3.8, 4) is 0 Å². The number of ether oxygens (including phenoxy) is 1. The van der Waals surface area contributed by atoms with Crippen LogP contribution in [0.25, 0.3) is 0 Å². The maximum Gasteiger partial charge on any atom is 0.312 e.